The summed E-state index contributed by atoms with van der Waals surface area (Å²) in [6.45, 7) is 10.2. The topological polar surface area (TPSA) is 30.5 Å². The predicted octanol–water partition coefficient (Wildman–Crippen LogP) is 2.21. The fraction of sp³-hybridized carbons (Fsp3) is 1.00. The molecule has 1 fully saturated rings. The third-order valence-electron chi connectivity index (χ3n) is 3.25. The summed E-state index contributed by atoms with van der Waals surface area (Å²) >= 11 is 0. The Morgan fingerprint density at radius 2 is 2.19 bits per heavy atom. The average molecular weight is 229 g/mol. The molecule has 96 valence electrons. The van der Waals surface area contributed by atoms with Gasteiger partial charge in [-0.05, 0) is 32.7 Å². The van der Waals surface area contributed by atoms with Crippen molar-refractivity contribution < 1.29 is 9.47 Å². The van der Waals surface area contributed by atoms with E-state index < -0.39 is 0 Å². The molecule has 1 aliphatic heterocycles. The Morgan fingerprint density at radius 1 is 1.38 bits per heavy atom. The van der Waals surface area contributed by atoms with Crippen molar-refractivity contribution in [1.29, 1.82) is 0 Å². The molecular formula is C13H27NO2. The van der Waals surface area contributed by atoms with Crippen LogP contribution in [0, 0.1) is 5.92 Å². The van der Waals surface area contributed by atoms with E-state index in [0.717, 1.165) is 39.2 Å². The first-order chi connectivity index (χ1) is 7.79. The summed E-state index contributed by atoms with van der Waals surface area (Å²) in [4.78, 5) is 0. The molecule has 0 spiro atoms. The monoisotopic (exact) mass is 229 g/mol. The van der Waals surface area contributed by atoms with Crippen molar-refractivity contribution in [2.45, 2.75) is 52.2 Å². The number of rotatable bonds is 8. The van der Waals surface area contributed by atoms with E-state index in [4.69, 9.17) is 9.47 Å². The standard InChI is InChI=1S/C13H27NO2/c1-4-7-14-13(10-15-8-5-2)12-6-9-16-11(12)3/h11-14H,4-10H2,1-3H3. The van der Waals surface area contributed by atoms with Gasteiger partial charge < -0.3 is 14.8 Å². The molecule has 3 atom stereocenters. The average Bonchev–Trinajstić information content (AvgIpc) is 2.70. The van der Waals surface area contributed by atoms with Crippen molar-refractivity contribution >= 4 is 0 Å². The molecule has 1 aliphatic rings. The first kappa shape index (κ1) is 13.9. The van der Waals surface area contributed by atoms with Gasteiger partial charge in [0.2, 0.25) is 0 Å². The van der Waals surface area contributed by atoms with Crippen LogP contribution in [0.1, 0.15) is 40.0 Å². The minimum absolute atomic E-state index is 0.375. The molecule has 1 rings (SSSR count). The van der Waals surface area contributed by atoms with E-state index in [1.165, 1.54) is 6.42 Å². The summed E-state index contributed by atoms with van der Waals surface area (Å²) in [5, 5.41) is 3.60. The summed E-state index contributed by atoms with van der Waals surface area (Å²) in [5.74, 6) is 0.614. The summed E-state index contributed by atoms with van der Waals surface area (Å²) in [7, 11) is 0. The largest absolute Gasteiger partial charge is 0.380 e. The zero-order valence-corrected chi connectivity index (χ0v) is 11.0. The van der Waals surface area contributed by atoms with E-state index in [1.54, 1.807) is 0 Å². The molecule has 0 aliphatic carbocycles. The van der Waals surface area contributed by atoms with Gasteiger partial charge in [0.05, 0.1) is 12.7 Å². The first-order valence-corrected chi connectivity index (χ1v) is 6.72. The Hall–Kier alpha value is -0.120. The molecule has 0 radical (unpaired) electrons. The molecule has 0 aromatic heterocycles. The van der Waals surface area contributed by atoms with Gasteiger partial charge in [0.15, 0.2) is 0 Å². The molecule has 1 heterocycles. The molecule has 0 aromatic carbocycles. The lowest BCUT2D eigenvalue weighted by molar-refractivity contribution is 0.0590. The van der Waals surface area contributed by atoms with Gasteiger partial charge in [-0.15, -0.1) is 0 Å². The van der Waals surface area contributed by atoms with Crippen LogP contribution in [0.4, 0.5) is 0 Å². The van der Waals surface area contributed by atoms with E-state index in [1.807, 2.05) is 0 Å². The van der Waals surface area contributed by atoms with Crippen LogP contribution in [0.3, 0.4) is 0 Å². The molecular weight excluding hydrogens is 202 g/mol. The number of ether oxygens (including phenoxy) is 2. The van der Waals surface area contributed by atoms with Crippen LogP contribution in [-0.4, -0.2) is 38.5 Å². The third-order valence-corrected chi connectivity index (χ3v) is 3.25. The highest BCUT2D eigenvalue weighted by Crippen LogP contribution is 2.24. The fourth-order valence-electron chi connectivity index (χ4n) is 2.29. The molecule has 0 aromatic rings. The van der Waals surface area contributed by atoms with Crippen molar-refractivity contribution in [1.82, 2.24) is 5.32 Å². The van der Waals surface area contributed by atoms with Crippen LogP contribution in [-0.2, 0) is 9.47 Å². The first-order valence-electron chi connectivity index (χ1n) is 6.72. The van der Waals surface area contributed by atoms with Crippen LogP contribution in [0.15, 0.2) is 0 Å². The quantitative estimate of drug-likeness (QED) is 0.647. The van der Waals surface area contributed by atoms with E-state index >= 15 is 0 Å². The second kappa shape index (κ2) is 8.04. The Morgan fingerprint density at radius 3 is 2.75 bits per heavy atom. The zero-order valence-electron chi connectivity index (χ0n) is 11.0. The van der Waals surface area contributed by atoms with Gasteiger partial charge in [0.25, 0.3) is 0 Å². The maximum atomic E-state index is 5.68. The lowest BCUT2D eigenvalue weighted by Gasteiger charge is -2.26. The lowest BCUT2D eigenvalue weighted by Crippen LogP contribution is -2.43. The van der Waals surface area contributed by atoms with Gasteiger partial charge in [0, 0.05) is 25.2 Å². The Balaban J connectivity index is 2.35. The Bertz CT molecular complexity index is 175. The second-order valence-corrected chi connectivity index (χ2v) is 4.66. The summed E-state index contributed by atoms with van der Waals surface area (Å²) < 4.78 is 11.3. The van der Waals surface area contributed by atoms with Crippen molar-refractivity contribution in [2.24, 2.45) is 5.92 Å². The molecule has 3 heteroatoms. The lowest BCUT2D eigenvalue weighted by atomic mass is 9.94. The normalized spacial score (nSPS) is 27.2. The van der Waals surface area contributed by atoms with Gasteiger partial charge in [-0.1, -0.05) is 13.8 Å². The van der Waals surface area contributed by atoms with Crippen molar-refractivity contribution in [2.75, 3.05) is 26.4 Å². The van der Waals surface area contributed by atoms with Crippen molar-refractivity contribution in [3.63, 3.8) is 0 Å². The highest BCUT2D eigenvalue weighted by molar-refractivity contribution is 4.84. The Labute approximate surface area is 99.9 Å². The second-order valence-electron chi connectivity index (χ2n) is 4.66. The smallest absolute Gasteiger partial charge is 0.0623 e. The summed E-state index contributed by atoms with van der Waals surface area (Å²) in [6.07, 6.45) is 3.81. The highest BCUT2D eigenvalue weighted by Gasteiger charge is 2.31. The van der Waals surface area contributed by atoms with Crippen LogP contribution in [0.2, 0.25) is 0 Å². The maximum Gasteiger partial charge on any atom is 0.0623 e. The summed E-state index contributed by atoms with van der Waals surface area (Å²) in [5.41, 5.74) is 0. The van der Waals surface area contributed by atoms with Crippen LogP contribution in [0.5, 0.6) is 0 Å². The molecule has 3 unspecified atom stereocenters. The van der Waals surface area contributed by atoms with Gasteiger partial charge >= 0.3 is 0 Å². The number of hydrogen-bond donors (Lipinski definition) is 1. The SMILES string of the molecule is CCCNC(COCCC)C1CCOC1C. The van der Waals surface area contributed by atoms with Crippen LogP contribution >= 0.6 is 0 Å². The van der Waals surface area contributed by atoms with E-state index in [-0.39, 0.29) is 0 Å². The van der Waals surface area contributed by atoms with E-state index in [9.17, 15) is 0 Å². The summed E-state index contributed by atoms with van der Waals surface area (Å²) in [6, 6.07) is 0.462. The number of hydrogen-bond acceptors (Lipinski definition) is 3. The van der Waals surface area contributed by atoms with E-state index in [0.29, 0.717) is 18.1 Å². The molecule has 3 nitrogen and oxygen atoms in total. The molecule has 0 bridgehead atoms. The molecule has 16 heavy (non-hydrogen) atoms. The molecule has 0 saturated carbocycles. The minimum Gasteiger partial charge on any atom is -0.380 e. The minimum atomic E-state index is 0.375. The van der Waals surface area contributed by atoms with Crippen LogP contribution < -0.4 is 5.32 Å². The molecule has 0 amide bonds. The Kier molecular flexibility index (Phi) is 7.01. The zero-order chi connectivity index (χ0) is 11.8. The van der Waals surface area contributed by atoms with Gasteiger partial charge in [-0.2, -0.15) is 0 Å². The van der Waals surface area contributed by atoms with Crippen LogP contribution in [0.25, 0.3) is 0 Å². The predicted molar refractivity (Wildman–Crippen MR) is 66.7 cm³/mol. The van der Waals surface area contributed by atoms with Gasteiger partial charge in [0.1, 0.15) is 0 Å². The molecule has 1 saturated heterocycles. The van der Waals surface area contributed by atoms with Gasteiger partial charge in [-0.3, -0.25) is 0 Å². The highest BCUT2D eigenvalue weighted by atomic mass is 16.5. The third kappa shape index (κ3) is 4.40. The maximum absolute atomic E-state index is 5.68. The van der Waals surface area contributed by atoms with Crippen molar-refractivity contribution in [3.05, 3.63) is 0 Å². The number of nitrogens with one attached hydrogen (secondary N) is 1. The van der Waals surface area contributed by atoms with Gasteiger partial charge in [-0.25, -0.2) is 0 Å². The fourth-order valence-corrected chi connectivity index (χ4v) is 2.29. The van der Waals surface area contributed by atoms with Crippen molar-refractivity contribution in [3.8, 4) is 0 Å². The molecule has 1 N–H and O–H groups in total. The van der Waals surface area contributed by atoms with E-state index in [2.05, 4.69) is 26.1 Å².